The summed E-state index contributed by atoms with van der Waals surface area (Å²) in [4.78, 5) is 7.67. The number of aromatic nitrogens is 2. The lowest BCUT2D eigenvalue weighted by Gasteiger charge is -2.01. The Labute approximate surface area is 96.2 Å². The van der Waals surface area contributed by atoms with Crippen LogP contribution >= 0.6 is 11.6 Å². The topological polar surface area (TPSA) is 49.6 Å². The Morgan fingerprint density at radius 3 is 2.75 bits per heavy atom. The lowest BCUT2D eigenvalue weighted by molar-refractivity contribution is 0.624. The number of halogens is 2. The van der Waals surface area contributed by atoms with E-state index in [1.165, 1.54) is 18.3 Å². The van der Waals surface area contributed by atoms with Crippen molar-refractivity contribution in [2.24, 2.45) is 0 Å². The van der Waals surface area contributed by atoms with Gasteiger partial charge in [-0.15, -0.1) is 0 Å². The molecule has 16 heavy (non-hydrogen) atoms. The van der Waals surface area contributed by atoms with E-state index in [9.17, 15) is 4.39 Å². The van der Waals surface area contributed by atoms with Gasteiger partial charge in [0.2, 0.25) is 5.28 Å². The number of nitrogens with zero attached hydrogens (tertiary/aromatic N) is 3. The molecule has 0 saturated heterocycles. The normalized spacial score (nSPS) is 9.81. The second-order valence-electron chi connectivity index (χ2n) is 3.02. The van der Waals surface area contributed by atoms with Crippen molar-refractivity contribution in [1.29, 1.82) is 5.26 Å². The van der Waals surface area contributed by atoms with Gasteiger partial charge in [-0.2, -0.15) is 5.26 Å². The standard InChI is InChI=1S/C11H5ClFN3/c12-11-15-4-3-10(16-11)7-1-2-8(6-14)9(13)5-7/h1-5H. The molecule has 0 aliphatic heterocycles. The van der Waals surface area contributed by atoms with E-state index < -0.39 is 5.82 Å². The summed E-state index contributed by atoms with van der Waals surface area (Å²) in [7, 11) is 0. The van der Waals surface area contributed by atoms with Crippen LogP contribution in [0.3, 0.4) is 0 Å². The van der Waals surface area contributed by atoms with Gasteiger partial charge in [0.15, 0.2) is 0 Å². The van der Waals surface area contributed by atoms with Crippen molar-refractivity contribution in [1.82, 2.24) is 9.97 Å². The van der Waals surface area contributed by atoms with E-state index in [4.69, 9.17) is 16.9 Å². The third kappa shape index (κ3) is 2.00. The number of benzene rings is 1. The molecule has 3 nitrogen and oxygen atoms in total. The van der Waals surface area contributed by atoms with Gasteiger partial charge in [-0.1, -0.05) is 6.07 Å². The molecule has 0 N–H and O–H groups in total. The molecule has 0 bridgehead atoms. The van der Waals surface area contributed by atoms with Gasteiger partial charge in [0.25, 0.3) is 0 Å². The summed E-state index contributed by atoms with van der Waals surface area (Å²) < 4.78 is 13.3. The molecule has 78 valence electrons. The Bertz CT molecular complexity index is 578. The second kappa shape index (κ2) is 4.25. The molecular weight excluding hydrogens is 229 g/mol. The average Bonchev–Trinajstić information content (AvgIpc) is 2.29. The van der Waals surface area contributed by atoms with Crippen LogP contribution < -0.4 is 0 Å². The first-order valence-corrected chi connectivity index (χ1v) is 4.77. The lowest BCUT2D eigenvalue weighted by atomic mass is 10.1. The van der Waals surface area contributed by atoms with Crippen molar-refractivity contribution in [3.05, 3.63) is 47.1 Å². The zero-order valence-corrected chi connectivity index (χ0v) is 8.74. The summed E-state index contributed by atoms with van der Waals surface area (Å²) in [5.41, 5.74) is 1.08. The van der Waals surface area contributed by atoms with Gasteiger partial charge in [0.1, 0.15) is 11.9 Å². The fourth-order valence-electron chi connectivity index (χ4n) is 1.26. The molecule has 2 aromatic rings. The fourth-order valence-corrected chi connectivity index (χ4v) is 1.41. The number of nitriles is 1. The minimum Gasteiger partial charge on any atom is -0.226 e. The molecule has 0 amide bonds. The summed E-state index contributed by atoms with van der Waals surface area (Å²) >= 11 is 5.62. The van der Waals surface area contributed by atoms with Gasteiger partial charge in [-0.3, -0.25) is 0 Å². The summed E-state index contributed by atoms with van der Waals surface area (Å²) in [6, 6.07) is 7.63. The monoisotopic (exact) mass is 233 g/mol. The summed E-state index contributed by atoms with van der Waals surface area (Å²) in [6.45, 7) is 0. The van der Waals surface area contributed by atoms with Crippen molar-refractivity contribution >= 4 is 11.6 Å². The Kier molecular flexibility index (Phi) is 2.80. The molecule has 0 unspecified atom stereocenters. The molecule has 1 heterocycles. The minimum absolute atomic E-state index is 0.00361. The van der Waals surface area contributed by atoms with Crippen LogP contribution in [0.5, 0.6) is 0 Å². The smallest absolute Gasteiger partial charge is 0.222 e. The second-order valence-corrected chi connectivity index (χ2v) is 3.36. The Morgan fingerprint density at radius 2 is 2.12 bits per heavy atom. The van der Waals surface area contributed by atoms with Crippen LogP contribution in [-0.2, 0) is 0 Å². The maximum atomic E-state index is 13.3. The molecule has 0 radical (unpaired) electrons. The number of hydrogen-bond donors (Lipinski definition) is 0. The maximum Gasteiger partial charge on any atom is 0.222 e. The van der Waals surface area contributed by atoms with Crippen LogP contribution in [-0.4, -0.2) is 9.97 Å². The van der Waals surface area contributed by atoms with E-state index in [1.54, 1.807) is 18.2 Å². The third-order valence-corrected chi connectivity index (χ3v) is 2.19. The van der Waals surface area contributed by atoms with Crippen LogP contribution in [0.4, 0.5) is 4.39 Å². The molecule has 0 atom stereocenters. The zero-order valence-electron chi connectivity index (χ0n) is 7.98. The van der Waals surface area contributed by atoms with Gasteiger partial charge < -0.3 is 0 Å². The Balaban J connectivity index is 2.50. The quantitative estimate of drug-likeness (QED) is 0.712. The Morgan fingerprint density at radius 1 is 1.31 bits per heavy atom. The molecule has 2 rings (SSSR count). The van der Waals surface area contributed by atoms with Gasteiger partial charge in [-0.25, -0.2) is 14.4 Å². The largest absolute Gasteiger partial charge is 0.226 e. The first kappa shape index (κ1) is 10.5. The van der Waals surface area contributed by atoms with E-state index in [-0.39, 0.29) is 10.8 Å². The van der Waals surface area contributed by atoms with Crippen molar-refractivity contribution in [3.8, 4) is 17.3 Å². The van der Waals surface area contributed by atoms with Gasteiger partial charge in [-0.05, 0) is 29.8 Å². The van der Waals surface area contributed by atoms with Crippen LogP contribution in [0.15, 0.2) is 30.5 Å². The van der Waals surface area contributed by atoms with E-state index in [1.807, 2.05) is 0 Å². The van der Waals surface area contributed by atoms with Crippen molar-refractivity contribution in [2.45, 2.75) is 0 Å². The van der Waals surface area contributed by atoms with Gasteiger partial charge >= 0.3 is 0 Å². The molecule has 0 saturated carbocycles. The average molecular weight is 234 g/mol. The highest BCUT2D eigenvalue weighted by Gasteiger charge is 2.05. The van der Waals surface area contributed by atoms with E-state index in [0.717, 1.165) is 0 Å². The first-order valence-electron chi connectivity index (χ1n) is 4.39. The molecule has 0 aliphatic rings. The van der Waals surface area contributed by atoms with Crippen LogP contribution in [0.25, 0.3) is 11.3 Å². The highest BCUT2D eigenvalue weighted by atomic mass is 35.5. The number of rotatable bonds is 1. The first-order chi connectivity index (χ1) is 7.70. The summed E-state index contributed by atoms with van der Waals surface area (Å²) in [5, 5.41) is 8.69. The SMILES string of the molecule is N#Cc1ccc(-c2ccnc(Cl)n2)cc1F. The summed E-state index contributed by atoms with van der Waals surface area (Å²) in [5.74, 6) is -0.574. The predicted octanol–water partition coefficient (Wildman–Crippen LogP) is 2.81. The van der Waals surface area contributed by atoms with E-state index in [2.05, 4.69) is 9.97 Å². The minimum atomic E-state index is -0.574. The Hall–Kier alpha value is -1.99. The molecule has 0 spiro atoms. The van der Waals surface area contributed by atoms with E-state index in [0.29, 0.717) is 11.3 Å². The predicted molar refractivity (Wildman–Crippen MR) is 57.2 cm³/mol. The molecule has 1 aromatic heterocycles. The van der Waals surface area contributed by atoms with Crippen molar-refractivity contribution < 1.29 is 4.39 Å². The molecule has 1 aromatic carbocycles. The third-order valence-electron chi connectivity index (χ3n) is 2.01. The van der Waals surface area contributed by atoms with Crippen LogP contribution in [0.1, 0.15) is 5.56 Å². The van der Waals surface area contributed by atoms with Gasteiger partial charge in [0, 0.05) is 11.8 Å². The van der Waals surface area contributed by atoms with Crippen LogP contribution in [0.2, 0.25) is 5.28 Å². The lowest BCUT2D eigenvalue weighted by Crippen LogP contribution is -1.89. The molecule has 0 fully saturated rings. The molecule has 5 heteroatoms. The van der Waals surface area contributed by atoms with E-state index >= 15 is 0 Å². The highest BCUT2D eigenvalue weighted by Crippen LogP contribution is 2.20. The maximum absolute atomic E-state index is 13.3. The molecular formula is C11H5ClFN3. The van der Waals surface area contributed by atoms with Gasteiger partial charge in [0.05, 0.1) is 11.3 Å². The summed E-state index contributed by atoms with van der Waals surface area (Å²) in [6.07, 6.45) is 1.49. The zero-order chi connectivity index (χ0) is 11.5. The molecule has 0 aliphatic carbocycles. The van der Waals surface area contributed by atoms with Crippen LogP contribution in [0, 0.1) is 17.1 Å². The number of hydrogen-bond acceptors (Lipinski definition) is 3. The van der Waals surface area contributed by atoms with Crippen molar-refractivity contribution in [3.63, 3.8) is 0 Å². The van der Waals surface area contributed by atoms with Crippen molar-refractivity contribution in [2.75, 3.05) is 0 Å². The fraction of sp³-hybridized carbons (Fsp3) is 0. The highest BCUT2D eigenvalue weighted by molar-refractivity contribution is 6.28.